The van der Waals surface area contributed by atoms with Gasteiger partial charge in [0.1, 0.15) is 5.69 Å². The minimum atomic E-state index is -0.158. The van der Waals surface area contributed by atoms with Gasteiger partial charge in [0, 0.05) is 28.9 Å². The average molecular weight is 361 g/mol. The first-order valence-electron chi connectivity index (χ1n) is 9.59. The van der Waals surface area contributed by atoms with E-state index in [0.29, 0.717) is 0 Å². The summed E-state index contributed by atoms with van der Waals surface area (Å²) in [6.45, 7) is 14.2. The topological polar surface area (TPSA) is 34.0 Å². The average Bonchev–Trinajstić information content (AvgIpc) is 3.02. The molecule has 0 bridgehead atoms. The molecule has 0 N–H and O–H groups in total. The van der Waals surface area contributed by atoms with Crippen molar-refractivity contribution in [3.05, 3.63) is 54.1 Å². The van der Waals surface area contributed by atoms with Crippen LogP contribution in [0.15, 0.2) is 48.5 Å². The molecule has 0 atom stereocenters. The first-order valence-corrected chi connectivity index (χ1v) is 9.59. The number of nitrogens with zero attached hydrogens (tertiary/aromatic N) is 4. The highest BCUT2D eigenvalue weighted by molar-refractivity contribution is 5.88. The lowest BCUT2D eigenvalue weighted by Gasteiger charge is -2.40. The standard InChI is InChI=1S/C23H28N4/c1-22(2,3)26-15-16-11-7-8-12-17(16)20-21(18-13-9-10-14-19(18)26)27(25-24-20)23(4,5)6/h7-14H,15H2,1-6H3. The summed E-state index contributed by atoms with van der Waals surface area (Å²) >= 11 is 0. The van der Waals surface area contributed by atoms with E-state index in [1.807, 2.05) is 0 Å². The van der Waals surface area contributed by atoms with Gasteiger partial charge in [-0.2, -0.15) is 0 Å². The molecule has 0 unspecified atom stereocenters. The number of hydrogen-bond donors (Lipinski definition) is 0. The highest BCUT2D eigenvalue weighted by Gasteiger charge is 2.32. The predicted molar refractivity (Wildman–Crippen MR) is 112 cm³/mol. The third kappa shape index (κ3) is 2.93. The lowest BCUT2D eigenvalue weighted by atomic mass is 9.92. The molecule has 4 nitrogen and oxygen atoms in total. The number of hydrogen-bond acceptors (Lipinski definition) is 3. The summed E-state index contributed by atoms with van der Waals surface area (Å²) in [5.41, 5.74) is 6.78. The van der Waals surface area contributed by atoms with Gasteiger partial charge in [-0.3, -0.25) is 0 Å². The molecule has 0 saturated heterocycles. The molecule has 3 aromatic rings. The summed E-state index contributed by atoms with van der Waals surface area (Å²) in [6, 6.07) is 17.2. The van der Waals surface area contributed by atoms with Crippen LogP contribution in [0.4, 0.5) is 5.69 Å². The van der Waals surface area contributed by atoms with E-state index in [4.69, 9.17) is 0 Å². The summed E-state index contributed by atoms with van der Waals surface area (Å²) < 4.78 is 2.07. The Morgan fingerprint density at radius 2 is 1.41 bits per heavy atom. The highest BCUT2D eigenvalue weighted by atomic mass is 15.5. The van der Waals surface area contributed by atoms with Crippen molar-refractivity contribution in [1.82, 2.24) is 15.0 Å². The van der Waals surface area contributed by atoms with Gasteiger partial charge in [-0.25, -0.2) is 4.68 Å². The fraction of sp³-hybridized carbons (Fsp3) is 0.391. The van der Waals surface area contributed by atoms with E-state index < -0.39 is 0 Å². The van der Waals surface area contributed by atoms with Gasteiger partial charge >= 0.3 is 0 Å². The predicted octanol–water partition coefficient (Wildman–Crippen LogP) is 5.49. The van der Waals surface area contributed by atoms with Crippen LogP contribution in [-0.2, 0) is 12.1 Å². The van der Waals surface area contributed by atoms with Crippen molar-refractivity contribution >= 4 is 5.69 Å². The molecule has 4 rings (SSSR count). The van der Waals surface area contributed by atoms with Crippen LogP contribution < -0.4 is 4.90 Å². The fourth-order valence-corrected chi connectivity index (χ4v) is 3.83. The normalized spacial score (nSPS) is 14.1. The lowest BCUT2D eigenvalue weighted by Crippen LogP contribution is -2.41. The Morgan fingerprint density at radius 1 is 0.778 bits per heavy atom. The molecule has 27 heavy (non-hydrogen) atoms. The van der Waals surface area contributed by atoms with E-state index >= 15 is 0 Å². The molecule has 1 aliphatic heterocycles. The van der Waals surface area contributed by atoms with E-state index in [-0.39, 0.29) is 11.1 Å². The van der Waals surface area contributed by atoms with Crippen molar-refractivity contribution < 1.29 is 0 Å². The smallest absolute Gasteiger partial charge is 0.121 e. The Hall–Kier alpha value is -2.62. The first kappa shape index (κ1) is 17.8. The zero-order chi connectivity index (χ0) is 19.4. The van der Waals surface area contributed by atoms with Crippen LogP contribution in [0.25, 0.3) is 22.5 Å². The van der Waals surface area contributed by atoms with E-state index in [1.54, 1.807) is 0 Å². The number of fused-ring (bicyclic) bond motifs is 5. The van der Waals surface area contributed by atoms with Crippen molar-refractivity contribution in [1.29, 1.82) is 0 Å². The molecule has 140 valence electrons. The van der Waals surface area contributed by atoms with Gasteiger partial charge in [0.15, 0.2) is 0 Å². The largest absolute Gasteiger partial charge is 0.362 e. The molecular formula is C23H28N4. The van der Waals surface area contributed by atoms with Gasteiger partial charge in [0.2, 0.25) is 0 Å². The van der Waals surface area contributed by atoms with Crippen molar-refractivity contribution in [2.75, 3.05) is 4.90 Å². The van der Waals surface area contributed by atoms with Crippen LogP contribution in [0.5, 0.6) is 0 Å². The molecule has 0 saturated carbocycles. The molecule has 1 aromatic heterocycles. The van der Waals surface area contributed by atoms with Crippen LogP contribution in [0, 0.1) is 0 Å². The van der Waals surface area contributed by atoms with Crippen LogP contribution in [-0.4, -0.2) is 20.5 Å². The second kappa shape index (κ2) is 5.95. The minimum absolute atomic E-state index is 0.0132. The molecule has 1 aliphatic rings. The molecule has 0 aliphatic carbocycles. The van der Waals surface area contributed by atoms with Gasteiger partial charge in [-0.15, -0.1) is 5.10 Å². The second-order valence-corrected chi connectivity index (χ2v) is 9.30. The molecular weight excluding hydrogens is 332 g/mol. The van der Waals surface area contributed by atoms with Crippen molar-refractivity contribution in [3.63, 3.8) is 0 Å². The van der Waals surface area contributed by atoms with E-state index in [1.165, 1.54) is 22.4 Å². The third-order valence-electron chi connectivity index (χ3n) is 5.17. The number of anilines is 1. The van der Waals surface area contributed by atoms with Crippen LogP contribution in [0.2, 0.25) is 0 Å². The van der Waals surface area contributed by atoms with Crippen molar-refractivity contribution in [2.45, 2.75) is 59.2 Å². The number of benzene rings is 2. The zero-order valence-electron chi connectivity index (χ0n) is 17.1. The van der Waals surface area contributed by atoms with Crippen molar-refractivity contribution in [3.8, 4) is 22.5 Å². The number of rotatable bonds is 0. The van der Waals surface area contributed by atoms with Gasteiger partial charge in [0.05, 0.1) is 11.2 Å². The monoisotopic (exact) mass is 360 g/mol. The second-order valence-electron chi connectivity index (χ2n) is 9.30. The summed E-state index contributed by atoms with van der Waals surface area (Å²) in [4.78, 5) is 2.49. The Morgan fingerprint density at radius 3 is 2.07 bits per heavy atom. The van der Waals surface area contributed by atoms with Gasteiger partial charge in [-0.1, -0.05) is 47.7 Å². The molecule has 0 amide bonds. The van der Waals surface area contributed by atoms with E-state index in [2.05, 4.69) is 110 Å². The maximum atomic E-state index is 4.65. The Labute approximate surface area is 161 Å². The maximum absolute atomic E-state index is 4.65. The van der Waals surface area contributed by atoms with E-state index in [0.717, 1.165) is 17.9 Å². The van der Waals surface area contributed by atoms with Crippen molar-refractivity contribution in [2.24, 2.45) is 0 Å². The zero-order valence-corrected chi connectivity index (χ0v) is 17.1. The van der Waals surface area contributed by atoms with Crippen LogP contribution in [0.1, 0.15) is 47.1 Å². The Bertz CT molecular complexity index is 986. The number of para-hydroxylation sites is 1. The summed E-state index contributed by atoms with van der Waals surface area (Å²) in [5.74, 6) is 0. The molecule has 2 aromatic carbocycles. The fourth-order valence-electron chi connectivity index (χ4n) is 3.83. The summed E-state index contributed by atoms with van der Waals surface area (Å²) in [6.07, 6.45) is 0. The molecule has 2 heterocycles. The summed E-state index contributed by atoms with van der Waals surface area (Å²) in [5, 5.41) is 9.23. The molecule has 4 heteroatoms. The molecule has 0 spiro atoms. The van der Waals surface area contributed by atoms with Gasteiger partial charge in [0.25, 0.3) is 0 Å². The number of aromatic nitrogens is 3. The first-order chi connectivity index (χ1) is 12.7. The third-order valence-corrected chi connectivity index (χ3v) is 5.17. The van der Waals surface area contributed by atoms with Crippen LogP contribution in [0.3, 0.4) is 0 Å². The summed E-state index contributed by atoms with van der Waals surface area (Å²) in [7, 11) is 0. The Kier molecular flexibility index (Phi) is 3.91. The molecule has 0 radical (unpaired) electrons. The Balaban J connectivity index is 2.12. The highest BCUT2D eigenvalue weighted by Crippen LogP contribution is 2.44. The molecule has 0 fully saturated rings. The van der Waals surface area contributed by atoms with Gasteiger partial charge in [-0.05, 0) is 53.2 Å². The minimum Gasteiger partial charge on any atom is -0.362 e. The van der Waals surface area contributed by atoms with Gasteiger partial charge < -0.3 is 4.90 Å². The van der Waals surface area contributed by atoms with Crippen LogP contribution >= 0.6 is 0 Å². The lowest BCUT2D eigenvalue weighted by molar-refractivity contribution is 0.351. The SMILES string of the molecule is CC(C)(C)N1Cc2ccccc2-c2nnn(C(C)(C)C)c2-c2ccccc21. The quantitative estimate of drug-likeness (QED) is 0.532. The van der Waals surface area contributed by atoms with E-state index in [9.17, 15) is 0 Å². The maximum Gasteiger partial charge on any atom is 0.121 e.